The number of nitrogens with zero attached hydrogens (tertiary/aromatic N) is 8. The first-order valence-corrected chi connectivity index (χ1v) is 11.5. The van der Waals surface area contributed by atoms with Crippen molar-refractivity contribution in [3.8, 4) is 0 Å². The highest BCUT2D eigenvalue weighted by Crippen LogP contribution is 2.32. The minimum absolute atomic E-state index is 0.202. The fraction of sp³-hybridized carbons (Fsp3) is 0.524. The van der Waals surface area contributed by atoms with Gasteiger partial charge in [0.2, 0.25) is 5.95 Å². The number of aromatic nitrogens is 6. The molecule has 4 atom stereocenters. The molecule has 1 amide bonds. The van der Waals surface area contributed by atoms with E-state index in [1.54, 1.807) is 25.4 Å². The largest absolute Gasteiger partial charge is 0.387 e. The predicted molar refractivity (Wildman–Crippen MR) is 124 cm³/mol. The van der Waals surface area contributed by atoms with Crippen molar-refractivity contribution in [3.05, 3.63) is 30.6 Å². The summed E-state index contributed by atoms with van der Waals surface area (Å²) in [6.07, 6.45) is -0.146. The predicted octanol–water partition coefficient (Wildman–Crippen LogP) is -1.72. The van der Waals surface area contributed by atoms with E-state index in [0.29, 0.717) is 36.0 Å². The zero-order valence-corrected chi connectivity index (χ0v) is 19.2. The summed E-state index contributed by atoms with van der Waals surface area (Å²) >= 11 is 0. The molecule has 2 saturated heterocycles. The molecule has 0 aliphatic carbocycles. The van der Waals surface area contributed by atoms with Crippen molar-refractivity contribution < 1.29 is 19.7 Å². The van der Waals surface area contributed by atoms with Gasteiger partial charge in [-0.3, -0.25) is 14.3 Å². The van der Waals surface area contributed by atoms with Crippen molar-refractivity contribution in [1.29, 1.82) is 0 Å². The summed E-state index contributed by atoms with van der Waals surface area (Å²) in [4.78, 5) is 38.5. The molecule has 35 heavy (non-hydrogen) atoms. The zero-order chi connectivity index (χ0) is 24.5. The number of nitrogens with one attached hydrogen (secondary N) is 1. The summed E-state index contributed by atoms with van der Waals surface area (Å²) in [5.41, 5.74) is 6.87. The molecule has 5 N–H and O–H groups in total. The second-order valence-electron chi connectivity index (χ2n) is 8.48. The second kappa shape index (κ2) is 9.65. The molecule has 3 aromatic rings. The molecule has 5 rings (SSSR count). The Labute approximate surface area is 200 Å². The molecule has 2 aliphatic rings. The quantitative estimate of drug-likeness (QED) is 0.311. The molecule has 2 fully saturated rings. The Balaban J connectivity index is 1.33. The number of fused-ring (bicyclic) bond motifs is 1. The highest BCUT2D eigenvalue weighted by Gasteiger charge is 2.47. The van der Waals surface area contributed by atoms with E-state index in [-0.39, 0.29) is 5.82 Å². The standard InChI is InChI=1S/C21H28N10O4/c1-2-23-19(34)16-14(32)15(33)20(35-16)31-11-26-13-17(22)27-12(28-18(13)31)10-29-6-8-30(9-7-29)21-24-4-3-5-25-21/h3-5,11,14-16,20,32-33H,2,6-10H2,1H3,(H,23,34)(H2,22,27,28)/t14?,15?,16-,20+/m0/s1. The first-order chi connectivity index (χ1) is 17.0. The molecule has 2 unspecified atom stereocenters. The van der Waals surface area contributed by atoms with E-state index in [1.807, 2.05) is 0 Å². The fourth-order valence-electron chi connectivity index (χ4n) is 4.38. The number of aliphatic hydroxyl groups excluding tert-OH is 2. The van der Waals surface area contributed by atoms with E-state index in [9.17, 15) is 15.0 Å². The second-order valence-corrected chi connectivity index (χ2v) is 8.48. The highest BCUT2D eigenvalue weighted by molar-refractivity contribution is 5.83. The van der Waals surface area contributed by atoms with Crippen LogP contribution in [0, 0.1) is 0 Å². The molecule has 0 aromatic carbocycles. The van der Waals surface area contributed by atoms with Crippen LogP contribution in [0.5, 0.6) is 0 Å². The number of imidazole rings is 1. The number of piperazine rings is 1. The molecule has 3 aromatic heterocycles. The summed E-state index contributed by atoms with van der Waals surface area (Å²) in [6, 6.07) is 1.79. The lowest BCUT2D eigenvalue weighted by atomic mass is 10.1. The van der Waals surface area contributed by atoms with Gasteiger partial charge in [0, 0.05) is 45.1 Å². The maximum absolute atomic E-state index is 12.2. The van der Waals surface area contributed by atoms with Gasteiger partial charge in [0.1, 0.15) is 23.5 Å². The lowest BCUT2D eigenvalue weighted by Gasteiger charge is -2.34. The molecule has 14 heteroatoms. The molecule has 186 valence electrons. The Kier molecular flexibility index (Phi) is 6.42. The Bertz CT molecular complexity index is 1180. The van der Waals surface area contributed by atoms with Gasteiger partial charge in [-0.2, -0.15) is 0 Å². The van der Waals surface area contributed by atoms with Crippen molar-refractivity contribution in [2.75, 3.05) is 43.4 Å². The van der Waals surface area contributed by atoms with Crippen molar-refractivity contribution in [2.45, 2.75) is 38.0 Å². The van der Waals surface area contributed by atoms with Crippen LogP contribution < -0.4 is 16.0 Å². The number of nitrogen functional groups attached to an aromatic ring is 1. The topological polar surface area (TPSA) is 181 Å². The smallest absolute Gasteiger partial charge is 0.252 e. The number of hydrogen-bond donors (Lipinski definition) is 4. The van der Waals surface area contributed by atoms with Crippen LogP contribution in [0.25, 0.3) is 11.2 Å². The van der Waals surface area contributed by atoms with Gasteiger partial charge in [0.05, 0.1) is 12.9 Å². The molecule has 2 aliphatic heterocycles. The van der Waals surface area contributed by atoms with Crippen molar-refractivity contribution in [1.82, 2.24) is 39.7 Å². The average molecular weight is 485 g/mol. The number of amides is 1. The third-order valence-corrected chi connectivity index (χ3v) is 6.19. The SMILES string of the molecule is CCNC(=O)[C@H]1O[C@@H](n2cnc3c(N)nc(CN4CCN(c5ncccn5)CC4)nc32)C(O)C1O. The number of carbonyl (C=O) groups is 1. The van der Waals surface area contributed by atoms with Gasteiger partial charge in [-0.1, -0.05) is 0 Å². The van der Waals surface area contributed by atoms with Crippen LogP contribution in [-0.4, -0.2) is 102 Å². The number of likely N-dealkylation sites (N-methyl/N-ethyl adjacent to an activating group) is 1. The maximum atomic E-state index is 12.2. The van der Waals surface area contributed by atoms with Crippen LogP contribution in [0.4, 0.5) is 11.8 Å². The van der Waals surface area contributed by atoms with E-state index in [2.05, 4.69) is 40.0 Å². The van der Waals surface area contributed by atoms with Gasteiger partial charge >= 0.3 is 0 Å². The van der Waals surface area contributed by atoms with Gasteiger partial charge in [0.25, 0.3) is 5.91 Å². The van der Waals surface area contributed by atoms with Crippen molar-refractivity contribution in [3.63, 3.8) is 0 Å². The molecular formula is C21H28N10O4. The summed E-state index contributed by atoms with van der Waals surface area (Å²) < 4.78 is 7.20. The Morgan fingerprint density at radius 2 is 1.89 bits per heavy atom. The number of carbonyl (C=O) groups excluding carboxylic acids is 1. The first kappa shape index (κ1) is 23.3. The lowest BCUT2D eigenvalue weighted by Crippen LogP contribution is -2.46. The third-order valence-electron chi connectivity index (χ3n) is 6.19. The summed E-state index contributed by atoms with van der Waals surface area (Å²) in [5, 5.41) is 23.6. The van der Waals surface area contributed by atoms with Gasteiger partial charge < -0.3 is 30.9 Å². The molecule has 0 saturated carbocycles. The number of hydrogen-bond acceptors (Lipinski definition) is 12. The zero-order valence-electron chi connectivity index (χ0n) is 19.2. The van der Waals surface area contributed by atoms with E-state index < -0.39 is 30.4 Å². The van der Waals surface area contributed by atoms with Gasteiger partial charge in [-0.05, 0) is 13.0 Å². The van der Waals surface area contributed by atoms with Crippen LogP contribution in [-0.2, 0) is 16.1 Å². The van der Waals surface area contributed by atoms with Gasteiger partial charge in [-0.25, -0.2) is 24.9 Å². The normalized spacial score (nSPS) is 25.3. The van der Waals surface area contributed by atoms with Crippen molar-refractivity contribution >= 4 is 28.8 Å². The highest BCUT2D eigenvalue weighted by atomic mass is 16.6. The summed E-state index contributed by atoms with van der Waals surface area (Å²) in [6.45, 7) is 5.66. The van der Waals surface area contributed by atoms with Gasteiger partial charge in [-0.15, -0.1) is 0 Å². The molecule has 14 nitrogen and oxygen atoms in total. The number of ether oxygens (including phenoxy) is 1. The Morgan fingerprint density at radius 1 is 1.14 bits per heavy atom. The van der Waals surface area contributed by atoms with Crippen LogP contribution in [0.15, 0.2) is 24.8 Å². The number of anilines is 2. The molecular weight excluding hydrogens is 456 g/mol. The monoisotopic (exact) mass is 484 g/mol. The molecule has 0 bridgehead atoms. The lowest BCUT2D eigenvalue weighted by molar-refractivity contribution is -0.137. The van der Waals surface area contributed by atoms with E-state index in [4.69, 9.17) is 10.5 Å². The Hall–Kier alpha value is -3.46. The van der Waals surface area contributed by atoms with Crippen molar-refractivity contribution in [2.24, 2.45) is 0 Å². The number of nitrogens with two attached hydrogens (primary N) is 1. The van der Waals surface area contributed by atoms with Crippen LogP contribution >= 0.6 is 0 Å². The van der Waals surface area contributed by atoms with E-state index >= 15 is 0 Å². The number of rotatable bonds is 6. The van der Waals surface area contributed by atoms with Crippen LogP contribution in [0.2, 0.25) is 0 Å². The minimum atomic E-state index is -1.40. The van der Waals surface area contributed by atoms with E-state index in [1.165, 1.54) is 10.9 Å². The fourth-order valence-corrected chi connectivity index (χ4v) is 4.38. The Morgan fingerprint density at radius 3 is 2.60 bits per heavy atom. The molecule has 0 radical (unpaired) electrons. The first-order valence-electron chi connectivity index (χ1n) is 11.5. The summed E-state index contributed by atoms with van der Waals surface area (Å²) in [5.74, 6) is 0.907. The molecule has 0 spiro atoms. The van der Waals surface area contributed by atoms with E-state index in [0.717, 1.165) is 26.2 Å². The van der Waals surface area contributed by atoms with Crippen LogP contribution in [0.1, 0.15) is 19.0 Å². The maximum Gasteiger partial charge on any atom is 0.252 e. The summed E-state index contributed by atoms with van der Waals surface area (Å²) in [7, 11) is 0. The van der Waals surface area contributed by atoms with Crippen LogP contribution in [0.3, 0.4) is 0 Å². The molecule has 5 heterocycles. The number of aliphatic hydroxyl groups is 2. The van der Waals surface area contributed by atoms with Gasteiger partial charge in [0.15, 0.2) is 23.8 Å². The average Bonchev–Trinajstić information content (AvgIpc) is 3.41. The third kappa shape index (κ3) is 4.48. The minimum Gasteiger partial charge on any atom is -0.387 e.